The van der Waals surface area contributed by atoms with Gasteiger partial charge in [-0.05, 0) is 95.1 Å². The summed E-state index contributed by atoms with van der Waals surface area (Å²) < 4.78 is 7.23. The highest BCUT2D eigenvalue weighted by molar-refractivity contribution is 7.26. The predicted octanol–water partition coefficient (Wildman–Crippen LogP) is 14.0. The van der Waals surface area contributed by atoms with E-state index in [1.165, 1.54) is 42.0 Å². The zero-order valence-electron chi connectivity index (χ0n) is 29.4. The van der Waals surface area contributed by atoms with Crippen molar-refractivity contribution in [2.45, 2.75) is 0 Å². The van der Waals surface area contributed by atoms with Crippen LogP contribution in [0.2, 0.25) is 0 Å². The van der Waals surface area contributed by atoms with Crippen LogP contribution in [0, 0.1) is 17.9 Å². The van der Waals surface area contributed by atoms with Crippen LogP contribution >= 0.6 is 11.3 Å². The molecule has 0 aliphatic heterocycles. The van der Waals surface area contributed by atoms with Crippen LogP contribution in [0.15, 0.2) is 170 Å². The minimum absolute atomic E-state index is 0.563. The Labute approximate surface area is 320 Å². The first-order chi connectivity index (χ1) is 27.2. The molecule has 0 amide bonds. The molecule has 0 unspecified atom stereocenters. The molecule has 0 aliphatic carbocycles. The maximum atomic E-state index is 9.68. The van der Waals surface area contributed by atoms with E-state index in [0.717, 1.165) is 55.4 Å². The average Bonchev–Trinajstić information content (AvgIpc) is 3.91. The van der Waals surface area contributed by atoms with E-state index < -0.39 is 0 Å². The minimum atomic E-state index is 0.563. The van der Waals surface area contributed by atoms with Crippen molar-refractivity contribution in [3.8, 4) is 39.7 Å². The van der Waals surface area contributed by atoms with Gasteiger partial charge in [-0.2, -0.15) is 5.26 Å². The molecule has 11 aromatic rings. The summed E-state index contributed by atoms with van der Waals surface area (Å²) in [7, 11) is 0. The number of nitriles is 1. The van der Waals surface area contributed by atoms with Crippen molar-refractivity contribution in [2.24, 2.45) is 0 Å². The molecular weight excluding hydrogens is 689 g/mol. The first kappa shape index (κ1) is 31.1. The summed E-state index contributed by atoms with van der Waals surface area (Å²) in [6.45, 7) is 8.12. The smallest absolute Gasteiger partial charge is 0.189 e. The number of thiophene rings is 1. The first-order valence-electron chi connectivity index (χ1n) is 18.2. The second-order valence-electron chi connectivity index (χ2n) is 13.9. The van der Waals surface area contributed by atoms with E-state index in [1.807, 2.05) is 53.8 Å². The number of rotatable bonds is 4. The van der Waals surface area contributed by atoms with Crippen molar-refractivity contribution in [3.05, 3.63) is 187 Å². The second-order valence-corrected chi connectivity index (χ2v) is 15.0. The van der Waals surface area contributed by atoms with Crippen molar-refractivity contribution >= 4 is 80.8 Å². The molecule has 254 valence electrons. The fraction of sp³-hybridized carbons (Fsp3) is 0. The standard InChI is InChI=1S/C50H28N4S/c1-52-34-26-33(28-36(29-34)54-44-18-7-4-15-39(44)43-25-31(30-51)21-23-46(43)54)38-14-3-2-13-37(38)32-11-10-12-35(27-32)53-45-19-8-5-17-42(45)49-47(53)24-22-41-40-16-6-9-20-48(40)55-50(41)49/h2-29H. The topological polar surface area (TPSA) is 38.0 Å². The van der Waals surface area contributed by atoms with Gasteiger partial charge in [0.15, 0.2) is 5.69 Å². The van der Waals surface area contributed by atoms with Crippen molar-refractivity contribution in [2.75, 3.05) is 0 Å². The Morgan fingerprint density at radius 1 is 0.491 bits per heavy atom. The Morgan fingerprint density at radius 3 is 1.96 bits per heavy atom. The van der Waals surface area contributed by atoms with Crippen molar-refractivity contribution in [1.82, 2.24) is 9.13 Å². The summed E-state index contributed by atoms with van der Waals surface area (Å²) in [5.74, 6) is 0. The maximum absolute atomic E-state index is 9.68. The lowest BCUT2D eigenvalue weighted by molar-refractivity contribution is 1.18. The second kappa shape index (κ2) is 12.0. The zero-order chi connectivity index (χ0) is 36.6. The molecule has 0 fully saturated rings. The van der Waals surface area contributed by atoms with E-state index >= 15 is 0 Å². The van der Waals surface area contributed by atoms with Gasteiger partial charge in [0.1, 0.15) is 0 Å². The van der Waals surface area contributed by atoms with Gasteiger partial charge in [-0.1, -0.05) is 97.1 Å². The molecule has 0 N–H and O–H groups in total. The molecule has 0 atom stereocenters. The Morgan fingerprint density at radius 2 is 1.15 bits per heavy atom. The number of nitrogens with zero attached hydrogens (tertiary/aromatic N) is 4. The summed E-state index contributed by atoms with van der Waals surface area (Å²) in [6, 6.07) is 61.8. The van der Waals surface area contributed by atoms with Crippen LogP contribution in [0.4, 0.5) is 5.69 Å². The molecule has 0 saturated carbocycles. The normalized spacial score (nSPS) is 11.6. The molecule has 0 radical (unpaired) electrons. The number of para-hydroxylation sites is 2. The largest absolute Gasteiger partial charge is 0.310 e. The van der Waals surface area contributed by atoms with Gasteiger partial charge < -0.3 is 9.13 Å². The molecule has 8 aromatic carbocycles. The van der Waals surface area contributed by atoms with Crippen LogP contribution in [0.5, 0.6) is 0 Å². The summed E-state index contributed by atoms with van der Waals surface area (Å²) in [5, 5.41) is 16.9. The van der Waals surface area contributed by atoms with Crippen molar-refractivity contribution in [1.29, 1.82) is 5.26 Å². The van der Waals surface area contributed by atoms with Crippen LogP contribution in [0.3, 0.4) is 0 Å². The van der Waals surface area contributed by atoms with Crippen LogP contribution in [0.25, 0.3) is 102 Å². The molecule has 3 heterocycles. The fourth-order valence-electron chi connectivity index (χ4n) is 8.58. The lowest BCUT2D eigenvalue weighted by atomic mass is 9.93. The average molecular weight is 717 g/mol. The monoisotopic (exact) mass is 716 g/mol. The highest BCUT2D eigenvalue weighted by atomic mass is 32.1. The van der Waals surface area contributed by atoms with E-state index in [4.69, 9.17) is 6.57 Å². The van der Waals surface area contributed by atoms with Gasteiger partial charge in [0.05, 0.1) is 40.3 Å². The van der Waals surface area contributed by atoms with Gasteiger partial charge in [-0.3, -0.25) is 0 Å². The number of hydrogen-bond donors (Lipinski definition) is 0. The van der Waals surface area contributed by atoms with Crippen LogP contribution in [-0.4, -0.2) is 9.13 Å². The van der Waals surface area contributed by atoms with Gasteiger partial charge in [0, 0.05) is 53.1 Å². The molecule has 0 spiro atoms. The summed E-state index contributed by atoms with van der Waals surface area (Å²) >= 11 is 1.87. The highest BCUT2D eigenvalue weighted by Gasteiger charge is 2.19. The van der Waals surface area contributed by atoms with Crippen LogP contribution in [-0.2, 0) is 0 Å². The van der Waals surface area contributed by atoms with Crippen LogP contribution in [0.1, 0.15) is 5.56 Å². The third-order valence-corrected chi connectivity index (χ3v) is 12.1. The van der Waals surface area contributed by atoms with Gasteiger partial charge in [0.25, 0.3) is 0 Å². The Hall–Kier alpha value is -7.44. The van der Waals surface area contributed by atoms with Gasteiger partial charge in [0.2, 0.25) is 0 Å². The van der Waals surface area contributed by atoms with E-state index in [-0.39, 0.29) is 0 Å². The summed E-state index contributed by atoms with van der Waals surface area (Å²) in [5.41, 5.74) is 11.8. The molecule has 11 rings (SSSR count). The first-order valence-corrected chi connectivity index (χ1v) is 19.0. The Bertz CT molecular complexity index is 3470. The third kappa shape index (κ3) is 4.68. The number of hydrogen-bond acceptors (Lipinski definition) is 2. The molecular formula is C50H28N4S. The van der Waals surface area contributed by atoms with Gasteiger partial charge in [-0.15, -0.1) is 11.3 Å². The number of aromatic nitrogens is 2. The SMILES string of the molecule is [C-]#[N+]c1cc(-c2ccccc2-c2cccc(-n3c4ccccc4c4c5sc6ccccc6c5ccc43)c2)cc(-n2c3ccccc3c3cc(C#N)ccc32)c1. The Kier molecular flexibility index (Phi) is 6.82. The quantitative estimate of drug-likeness (QED) is 0.167. The maximum Gasteiger partial charge on any atom is 0.189 e. The predicted molar refractivity (Wildman–Crippen MR) is 230 cm³/mol. The minimum Gasteiger partial charge on any atom is -0.310 e. The van der Waals surface area contributed by atoms with E-state index in [9.17, 15) is 5.26 Å². The molecule has 5 heteroatoms. The molecule has 0 bridgehead atoms. The summed E-state index contributed by atoms with van der Waals surface area (Å²) in [6.07, 6.45) is 0. The third-order valence-electron chi connectivity index (χ3n) is 10.9. The zero-order valence-corrected chi connectivity index (χ0v) is 30.2. The molecule has 4 nitrogen and oxygen atoms in total. The molecule has 0 saturated heterocycles. The molecule has 0 aliphatic rings. The van der Waals surface area contributed by atoms with Crippen molar-refractivity contribution < 1.29 is 0 Å². The molecule has 55 heavy (non-hydrogen) atoms. The van der Waals surface area contributed by atoms with E-state index in [0.29, 0.717) is 11.3 Å². The lowest BCUT2D eigenvalue weighted by Crippen LogP contribution is -1.96. The van der Waals surface area contributed by atoms with Crippen LogP contribution < -0.4 is 0 Å². The lowest BCUT2D eigenvalue weighted by Gasteiger charge is -2.16. The Balaban J connectivity index is 1.10. The number of benzene rings is 8. The fourth-order valence-corrected chi connectivity index (χ4v) is 9.84. The van der Waals surface area contributed by atoms with E-state index in [1.54, 1.807) is 0 Å². The summed E-state index contributed by atoms with van der Waals surface area (Å²) in [4.78, 5) is 3.95. The van der Waals surface area contributed by atoms with E-state index in [2.05, 4.69) is 147 Å². The molecule has 3 aromatic heterocycles. The van der Waals surface area contributed by atoms with Gasteiger partial charge >= 0.3 is 0 Å². The highest BCUT2D eigenvalue weighted by Crippen LogP contribution is 2.44. The van der Waals surface area contributed by atoms with Crippen molar-refractivity contribution in [3.63, 3.8) is 0 Å². The number of fused-ring (bicyclic) bond motifs is 10. The van der Waals surface area contributed by atoms with Gasteiger partial charge in [-0.25, -0.2) is 4.85 Å².